The molecular formula is C18H25NO2. The van der Waals surface area contributed by atoms with E-state index >= 15 is 0 Å². The van der Waals surface area contributed by atoms with Crippen molar-refractivity contribution in [1.82, 2.24) is 5.32 Å². The maximum atomic E-state index is 11.7. The Morgan fingerprint density at radius 2 is 1.86 bits per heavy atom. The van der Waals surface area contributed by atoms with E-state index in [-0.39, 0.29) is 18.5 Å². The Kier molecular flexibility index (Phi) is 10.5. The van der Waals surface area contributed by atoms with Crippen LogP contribution in [0.1, 0.15) is 12.5 Å². The maximum absolute atomic E-state index is 11.7. The van der Waals surface area contributed by atoms with Crippen LogP contribution in [0.2, 0.25) is 0 Å². The van der Waals surface area contributed by atoms with Crippen LogP contribution in [0.4, 0.5) is 0 Å². The van der Waals surface area contributed by atoms with Gasteiger partial charge in [0, 0.05) is 0 Å². The van der Waals surface area contributed by atoms with Gasteiger partial charge in [-0.1, -0.05) is 61.7 Å². The molecule has 1 unspecified atom stereocenters. The molecule has 3 heteroatoms. The van der Waals surface area contributed by atoms with Crippen molar-refractivity contribution in [1.29, 1.82) is 0 Å². The van der Waals surface area contributed by atoms with Crippen LogP contribution in [0.3, 0.4) is 0 Å². The van der Waals surface area contributed by atoms with E-state index in [4.69, 9.17) is 4.74 Å². The molecule has 0 heterocycles. The fourth-order valence-electron chi connectivity index (χ4n) is 1.58. The summed E-state index contributed by atoms with van der Waals surface area (Å²) in [6, 6.07) is 9.53. The van der Waals surface area contributed by atoms with Crippen molar-refractivity contribution < 1.29 is 9.53 Å². The van der Waals surface area contributed by atoms with Crippen LogP contribution in [0, 0.1) is 0 Å². The number of esters is 1. The summed E-state index contributed by atoms with van der Waals surface area (Å²) in [5.74, 6) is -0.245. The van der Waals surface area contributed by atoms with Crippen LogP contribution in [0.25, 0.3) is 0 Å². The summed E-state index contributed by atoms with van der Waals surface area (Å²) in [6.07, 6.45) is 5.08. The zero-order valence-corrected chi connectivity index (χ0v) is 13.1. The highest BCUT2D eigenvalue weighted by molar-refractivity contribution is 5.73. The smallest absolute Gasteiger partial charge is 0.310 e. The lowest BCUT2D eigenvalue weighted by Gasteiger charge is -2.14. The minimum Gasteiger partial charge on any atom is -0.458 e. The summed E-state index contributed by atoms with van der Waals surface area (Å²) in [6.45, 7) is 9.12. The van der Waals surface area contributed by atoms with Crippen LogP contribution < -0.4 is 5.32 Å². The molecule has 0 aliphatic carbocycles. The van der Waals surface area contributed by atoms with Crippen molar-refractivity contribution in [3.8, 4) is 0 Å². The van der Waals surface area contributed by atoms with E-state index in [1.807, 2.05) is 51.4 Å². The predicted molar refractivity (Wildman–Crippen MR) is 89.2 cm³/mol. The van der Waals surface area contributed by atoms with Gasteiger partial charge in [0.2, 0.25) is 0 Å². The van der Waals surface area contributed by atoms with Crippen LogP contribution in [-0.4, -0.2) is 26.2 Å². The van der Waals surface area contributed by atoms with E-state index in [9.17, 15) is 4.79 Å². The molecule has 1 rings (SSSR count). The Labute approximate surface area is 128 Å². The third kappa shape index (κ3) is 8.60. The lowest BCUT2D eigenvalue weighted by Crippen LogP contribution is -2.18. The van der Waals surface area contributed by atoms with Crippen LogP contribution >= 0.6 is 0 Å². The first-order valence-electron chi connectivity index (χ1n) is 6.85. The Morgan fingerprint density at radius 3 is 2.33 bits per heavy atom. The molecule has 0 fully saturated rings. The van der Waals surface area contributed by atoms with Gasteiger partial charge in [0.05, 0.1) is 6.42 Å². The van der Waals surface area contributed by atoms with E-state index in [0.29, 0.717) is 0 Å². The van der Waals surface area contributed by atoms with Gasteiger partial charge in [-0.15, -0.1) is 0 Å². The molecule has 0 bridgehead atoms. The van der Waals surface area contributed by atoms with Gasteiger partial charge in [0.25, 0.3) is 0 Å². The summed E-state index contributed by atoms with van der Waals surface area (Å²) in [4.78, 5) is 11.7. The standard InChI is InChI=1S/C16H18O2.C2H7N/c1-4-9-15(5-2)13(3)18-16(17)12-14-10-7-6-8-11-14;1-3-2/h4-11,13H,1-2,12H2,3H3;3H,1-2H3/b15-9+;. The highest BCUT2D eigenvalue weighted by Crippen LogP contribution is 2.10. The molecule has 114 valence electrons. The monoisotopic (exact) mass is 287 g/mol. The number of benzene rings is 1. The molecule has 1 aromatic carbocycles. The summed E-state index contributed by atoms with van der Waals surface area (Å²) >= 11 is 0. The number of rotatable bonds is 6. The first-order valence-corrected chi connectivity index (χ1v) is 6.85. The van der Waals surface area contributed by atoms with Gasteiger partial charge in [0.1, 0.15) is 6.10 Å². The molecule has 1 N–H and O–H groups in total. The molecule has 0 saturated carbocycles. The number of nitrogens with one attached hydrogen (secondary N) is 1. The molecule has 1 atom stereocenters. The van der Waals surface area contributed by atoms with Crippen molar-refractivity contribution in [2.24, 2.45) is 0 Å². The molecule has 3 nitrogen and oxygen atoms in total. The molecule has 0 aromatic heterocycles. The average molecular weight is 287 g/mol. The van der Waals surface area contributed by atoms with Gasteiger partial charge in [-0.05, 0) is 32.2 Å². The Hall–Kier alpha value is -2.13. The van der Waals surface area contributed by atoms with Crippen molar-refractivity contribution >= 4 is 5.97 Å². The van der Waals surface area contributed by atoms with Crippen LogP contribution in [0.5, 0.6) is 0 Å². The average Bonchev–Trinajstić information content (AvgIpc) is 2.46. The van der Waals surface area contributed by atoms with E-state index < -0.39 is 0 Å². The minimum atomic E-state index is -0.309. The van der Waals surface area contributed by atoms with Crippen LogP contribution in [0.15, 0.2) is 67.3 Å². The third-order valence-electron chi connectivity index (χ3n) is 2.51. The molecule has 0 radical (unpaired) electrons. The zero-order chi connectivity index (χ0) is 16.1. The summed E-state index contributed by atoms with van der Waals surface area (Å²) in [5, 5.41) is 2.75. The SMILES string of the molecule is C=C/C=C(\C=C)C(C)OC(=O)Cc1ccccc1.CNC. The van der Waals surface area contributed by atoms with E-state index in [1.165, 1.54) is 0 Å². The van der Waals surface area contributed by atoms with Gasteiger partial charge >= 0.3 is 5.97 Å². The Balaban J connectivity index is 0.00000122. The minimum absolute atomic E-state index is 0.245. The summed E-state index contributed by atoms with van der Waals surface area (Å²) < 4.78 is 5.33. The van der Waals surface area contributed by atoms with Crippen molar-refractivity contribution in [2.75, 3.05) is 14.1 Å². The van der Waals surface area contributed by atoms with Gasteiger partial charge < -0.3 is 10.1 Å². The normalized spacial score (nSPS) is 11.7. The number of ether oxygens (including phenoxy) is 1. The first-order chi connectivity index (χ1) is 10.1. The maximum Gasteiger partial charge on any atom is 0.310 e. The summed E-state index contributed by atoms with van der Waals surface area (Å²) in [5.41, 5.74) is 1.79. The Bertz CT molecular complexity index is 463. The molecule has 21 heavy (non-hydrogen) atoms. The molecule has 0 spiro atoms. The lowest BCUT2D eigenvalue weighted by atomic mass is 10.1. The largest absolute Gasteiger partial charge is 0.458 e. The highest BCUT2D eigenvalue weighted by Gasteiger charge is 2.12. The van der Waals surface area contributed by atoms with Gasteiger partial charge in [-0.2, -0.15) is 0 Å². The van der Waals surface area contributed by atoms with Crippen molar-refractivity contribution in [2.45, 2.75) is 19.4 Å². The molecule has 0 aliphatic heterocycles. The molecule has 0 saturated heterocycles. The fourth-order valence-corrected chi connectivity index (χ4v) is 1.58. The third-order valence-corrected chi connectivity index (χ3v) is 2.51. The van der Waals surface area contributed by atoms with Gasteiger partial charge in [0.15, 0.2) is 0 Å². The quantitative estimate of drug-likeness (QED) is 0.644. The van der Waals surface area contributed by atoms with Crippen LogP contribution in [-0.2, 0) is 16.0 Å². The van der Waals surface area contributed by atoms with E-state index in [1.54, 1.807) is 18.2 Å². The number of allylic oxidation sites excluding steroid dienone is 2. The van der Waals surface area contributed by atoms with Crippen molar-refractivity contribution in [3.63, 3.8) is 0 Å². The molecule has 1 aromatic rings. The topological polar surface area (TPSA) is 38.3 Å². The molecule has 0 aliphatic rings. The molecule has 0 amide bonds. The number of hydrogen-bond acceptors (Lipinski definition) is 3. The Morgan fingerprint density at radius 1 is 1.29 bits per heavy atom. The predicted octanol–water partition coefficient (Wildman–Crippen LogP) is 3.29. The van der Waals surface area contributed by atoms with E-state index in [0.717, 1.165) is 11.1 Å². The highest BCUT2D eigenvalue weighted by atomic mass is 16.5. The summed E-state index contributed by atoms with van der Waals surface area (Å²) in [7, 11) is 3.75. The zero-order valence-electron chi connectivity index (χ0n) is 13.1. The number of hydrogen-bond donors (Lipinski definition) is 1. The van der Waals surface area contributed by atoms with Crippen molar-refractivity contribution in [3.05, 3.63) is 72.9 Å². The fraction of sp³-hybridized carbons (Fsp3) is 0.278. The first kappa shape index (κ1) is 18.9. The van der Waals surface area contributed by atoms with Gasteiger partial charge in [-0.25, -0.2) is 0 Å². The number of carbonyl (C=O) groups excluding carboxylic acids is 1. The lowest BCUT2D eigenvalue weighted by molar-refractivity contribution is -0.145. The van der Waals surface area contributed by atoms with E-state index in [2.05, 4.69) is 18.5 Å². The van der Waals surface area contributed by atoms with Gasteiger partial charge in [-0.3, -0.25) is 4.79 Å². The molecular weight excluding hydrogens is 262 g/mol. The number of carbonyl (C=O) groups is 1. The second-order valence-corrected chi connectivity index (χ2v) is 4.40. The second kappa shape index (κ2) is 11.7. The second-order valence-electron chi connectivity index (χ2n) is 4.40.